The summed E-state index contributed by atoms with van der Waals surface area (Å²) < 4.78 is 12.4. The summed E-state index contributed by atoms with van der Waals surface area (Å²) in [5.41, 5.74) is 1.66. The molecule has 7 heteroatoms. The van der Waals surface area contributed by atoms with E-state index in [1.165, 1.54) is 11.8 Å². The van der Waals surface area contributed by atoms with E-state index in [2.05, 4.69) is 10.3 Å². The van der Waals surface area contributed by atoms with Crippen LogP contribution in [-0.2, 0) is 4.79 Å². The quantitative estimate of drug-likeness (QED) is 0.697. The van der Waals surface area contributed by atoms with Crippen molar-refractivity contribution in [2.24, 2.45) is 0 Å². The molecule has 0 saturated carbocycles. The number of thioether (sulfide) groups is 1. The fourth-order valence-electron chi connectivity index (χ4n) is 2.27. The molecule has 0 atom stereocenters. The lowest BCUT2D eigenvalue weighted by Gasteiger charge is -2.10. The number of carbonyl (C=O) groups excluding carboxylic acids is 1. The van der Waals surface area contributed by atoms with Gasteiger partial charge in [-0.25, -0.2) is 4.98 Å². The maximum Gasteiger partial charge on any atom is 0.234 e. The molecule has 0 saturated heterocycles. The van der Waals surface area contributed by atoms with E-state index < -0.39 is 0 Å². The summed E-state index contributed by atoms with van der Waals surface area (Å²) in [6.45, 7) is 0. The lowest BCUT2D eigenvalue weighted by Crippen LogP contribution is -2.14. The van der Waals surface area contributed by atoms with Gasteiger partial charge in [0.1, 0.15) is 0 Å². The average molecular weight is 343 g/mol. The zero-order valence-corrected chi connectivity index (χ0v) is 14.2. The molecule has 2 aromatic heterocycles. The van der Waals surface area contributed by atoms with Crippen LogP contribution in [0.2, 0.25) is 0 Å². The molecule has 0 aliphatic rings. The van der Waals surface area contributed by atoms with Gasteiger partial charge in [0, 0.05) is 18.0 Å². The smallest absolute Gasteiger partial charge is 0.234 e. The number of imidazole rings is 1. The number of aromatic nitrogens is 2. The highest BCUT2D eigenvalue weighted by Crippen LogP contribution is 2.29. The molecule has 0 bridgehead atoms. The number of carbonyl (C=O) groups is 1. The Kier molecular flexibility index (Phi) is 4.90. The Morgan fingerprint density at radius 2 is 2.04 bits per heavy atom. The number of benzene rings is 1. The van der Waals surface area contributed by atoms with Crippen LogP contribution in [0.5, 0.6) is 11.5 Å². The number of anilines is 1. The lowest BCUT2D eigenvalue weighted by atomic mass is 10.2. The molecule has 1 N–H and O–H groups in total. The van der Waals surface area contributed by atoms with E-state index in [4.69, 9.17) is 9.47 Å². The van der Waals surface area contributed by atoms with Crippen LogP contribution in [0.1, 0.15) is 0 Å². The molecule has 6 nitrogen and oxygen atoms in total. The Bertz CT molecular complexity index is 863. The summed E-state index contributed by atoms with van der Waals surface area (Å²) >= 11 is 1.39. The molecule has 0 aliphatic heterocycles. The molecule has 0 fully saturated rings. The molecule has 1 amide bonds. The van der Waals surface area contributed by atoms with Crippen LogP contribution in [0.3, 0.4) is 0 Å². The van der Waals surface area contributed by atoms with Crippen LogP contribution in [-0.4, -0.2) is 35.3 Å². The van der Waals surface area contributed by atoms with Gasteiger partial charge >= 0.3 is 0 Å². The van der Waals surface area contributed by atoms with Gasteiger partial charge in [-0.15, -0.1) is 0 Å². The average Bonchev–Trinajstić information content (AvgIpc) is 3.03. The summed E-state index contributed by atoms with van der Waals surface area (Å²) in [7, 11) is 3.13. The summed E-state index contributed by atoms with van der Waals surface area (Å²) in [5, 5.41) is 3.63. The van der Waals surface area contributed by atoms with Crippen LogP contribution in [0.15, 0.2) is 53.9 Å². The number of ether oxygens (including phenoxy) is 2. The van der Waals surface area contributed by atoms with Crippen LogP contribution < -0.4 is 14.8 Å². The first-order valence-corrected chi connectivity index (χ1v) is 8.26. The molecule has 24 heavy (non-hydrogen) atoms. The number of nitrogens with zero attached hydrogens (tertiary/aromatic N) is 2. The SMILES string of the molecule is COc1ccc(NC(=O)CSc2ncc3ccccn23)cc1OC. The van der Waals surface area contributed by atoms with E-state index >= 15 is 0 Å². The summed E-state index contributed by atoms with van der Waals surface area (Å²) in [6.07, 6.45) is 3.71. The monoisotopic (exact) mass is 343 g/mol. The number of hydrogen-bond acceptors (Lipinski definition) is 5. The van der Waals surface area contributed by atoms with Crippen LogP contribution >= 0.6 is 11.8 Å². The topological polar surface area (TPSA) is 64.9 Å². The molecule has 3 rings (SSSR count). The predicted molar refractivity (Wildman–Crippen MR) is 94.1 cm³/mol. The Balaban J connectivity index is 1.63. The molecule has 0 aliphatic carbocycles. The van der Waals surface area contributed by atoms with Crippen molar-refractivity contribution in [3.05, 3.63) is 48.8 Å². The first kappa shape index (κ1) is 16.2. The third kappa shape index (κ3) is 3.46. The molecule has 0 spiro atoms. The van der Waals surface area contributed by atoms with Gasteiger partial charge in [-0.05, 0) is 24.3 Å². The van der Waals surface area contributed by atoms with Gasteiger partial charge in [0.15, 0.2) is 16.7 Å². The van der Waals surface area contributed by atoms with Gasteiger partial charge in [0.25, 0.3) is 0 Å². The van der Waals surface area contributed by atoms with Crippen molar-refractivity contribution < 1.29 is 14.3 Å². The normalized spacial score (nSPS) is 10.6. The summed E-state index contributed by atoms with van der Waals surface area (Å²) in [4.78, 5) is 16.5. The van der Waals surface area contributed by atoms with Crippen molar-refractivity contribution in [2.45, 2.75) is 5.16 Å². The van der Waals surface area contributed by atoms with Gasteiger partial charge in [0.2, 0.25) is 5.91 Å². The fraction of sp³-hybridized carbons (Fsp3) is 0.176. The second kappa shape index (κ2) is 7.27. The number of fused-ring (bicyclic) bond motifs is 1. The maximum absolute atomic E-state index is 12.2. The minimum atomic E-state index is -0.111. The van der Waals surface area contributed by atoms with Gasteiger partial charge in [-0.3, -0.25) is 9.20 Å². The van der Waals surface area contributed by atoms with Gasteiger partial charge in [-0.1, -0.05) is 17.8 Å². The third-order valence-electron chi connectivity index (χ3n) is 3.40. The number of methoxy groups -OCH3 is 2. The van der Waals surface area contributed by atoms with Crippen molar-refractivity contribution in [3.8, 4) is 11.5 Å². The number of pyridine rings is 1. The molecule has 0 unspecified atom stereocenters. The van der Waals surface area contributed by atoms with E-state index in [0.717, 1.165) is 10.7 Å². The zero-order valence-electron chi connectivity index (χ0n) is 13.4. The van der Waals surface area contributed by atoms with Gasteiger partial charge < -0.3 is 14.8 Å². The van der Waals surface area contributed by atoms with Crippen molar-refractivity contribution in [1.29, 1.82) is 0 Å². The number of rotatable bonds is 6. The van der Waals surface area contributed by atoms with E-state index in [9.17, 15) is 4.79 Å². The van der Waals surface area contributed by atoms with Crippen molar-refractivity contribution in [1.82, 2.24) is 9.38 Å². The first-order valence-electron chi connectivity index (χ1n) is 7.28. The highest BCUT2D eigenvalue weighted by atomic mass is 32.2. The Morgan fingerprint density at radius 1 is 1.21 bits per heavy atom. The molecule has 3 aromatic rings. The van der Waals surface area contributed by atoms with Crippen LogP contribution in [0, 0.1) is 0 Å². The van der Waals surface area contributed by atoms with Crippen LogP contribution in [0.4, 0.5) is 5.69 Å². The van der Waals surface area contributed by atoms with Crippen molar-refractivity contribution in [2.75, 3.05) is 25.3 Å². The Morgan fingerprint density at radius 3 is 2.83 bits per heavy atom. The van der Waals surface area contributed by atoms with Crippen molar-refractivity contribution >= 4 is 28.9 Å². The van der Waals surface area contributed by atoms with E-state index in [-0.39, 0.29) is 11.7 Å². The number of amides is 1. The molecular formula is C17H17N3O3S. The Hall–Kier alpha value is -2.67. The molecule has 0 radical (unpaired) electrons. The highest BCUT2D eigenvalue weighted by Gasteiger charge is 2.10. The first-order chi connectivity index (χ1) is 11.7. The van der Waals surface area contributed by atoms with Gasteiger partial charge in [-0.2, -0.15) is 0 Å². The number of nitrogens with one attached hydrogen (secondary N) is 1. The zero-order chi connectivity index (χ0) is 16.9. The second-order valence-corrected chi connectivity index (χ2v) is 5.89. The molecule has 2 heterocycles. The van der Waals surface area contributed by atoms with Crippen LogP contribution in [0.25, 0.3) is 5.52 Å². The molecule has 124 valence electrons. The maximum atomic E-state index is 12.2. The van der Waals surface area contributed by atoms with E-state index in [1.807, 2.05) is 28.8 Å². The minimum absolute atomic E-state index is 0.111. The minimum Gasteiger partial charge on any atom is -0.493 e. The predicted octanol–water partition coefficient (Wildman–Crippen LogP) is 3.08. The standard InChI is InChI=1S/C17H17N3O3S/c1-22-14-7-6-12(9-15(14)23-2)19-16(21)11-24-17-18-10-13-5-3-4-8-20(13)17/h3-10H,11H2,1-2H3,(H,19,21). The number of hydrogen-bond donors (Lipinski definition) is 1. The van der Waals surface area contributed by atoms with E-state index in [1.54, 1.807) is 38.6 Å². The van der Waals surface area contributed by atoms with Crippen molar-refractivity contribution in [3.63, 3.8) is 0 Å². The second-order valence-electron chi connectivity index (χ2n) is 4.94. The molecule has 1 aromatic carbocycles. The summed E-state index contributed by atoms with van der Waals surface area (Å²) in [6, 6.07) is 11.1. The van der Waals surface area contributed by atoms with E-state index in [0.29, 0.717) is 17.2 Å². The van der Waals surface area contributed by atoms with Gasteiger partial charge in [0.05, 0.1) is 31.7 Å². The largest absolute Gasteiger partial charge is 0.493 e. The molecular weight excluding hydrogens is 326 g/mol. The summed E-state index contributed by atoms with van der Waals surface area (Å²) in [5.74, 6) is 1.35. The lowest BCUT2D eigenvalue weighted by molar-refractivity contribution is -0.113. The fourth-order valence-corrected chi connectivity index (χ4v) is 3.03. The third-order valence-corrected chi connectivity index (χ3v) is 4.37. The highest BCUT2D eigenvalue weighted by molar-refractivity contribution is 7.99. The Labute approximate surface area is 143 Å².